The topological polar surface area (TPSA) is 77.0 Å². The number of hydrogen-bond donors (Lipinski definition) is 0. The third-order valence-corrected chi connectivity index (χ3v) is 6.03. The summed E-state index contributed by atoms with van der Waals surface area (Å²) in [5.74, 6) is 0.147. The Morgan fingerprint density at radius 1 is 0.951 bits per heavy atom. The lowest BCUT2D eigenvalue weighted by molar-refractivity contribution is -0.143. The molecule has 0 saturated heterocycles. The molecule has 0 radical (unpaired) electrons. The van der Waals surface area contributed by atoms with Gasteiger partial charge in [0.05, 0.1) is 23.8 Å². The molecule has 1 unspecified atom stereocenters. The minimum absolute atomic E-state index is 0.0148. The third kappa shape index (κ3) is 8.22. The van der Waals surface area contributed by atoms with E-state index in [1.807, 2.05) is 25.9 Å². The van der Waals surface area contributed by atoms with Crippen molar-refractivity contribution in [3.8, 4) is 28.8 Å². The first-order valence-electron chi connectivity index (χ1n) is 12.1. The molecule has 222 valence electrons. The summed E-state index contributed by atoms with van der Waals surface area (Å²) in [6, 6.07) is 7.70. The van der Waals surface area contributed by atoms with Crippen LogP contribution in [0.4, 0.5) is 31.1 Å². The van der Waals surface area contributed by atoms with Gasteiger partial charge >= 0.3 is 24.5 Å². The smallest absolute Gasteiger partial charge is 0.416 e. The van der Waals surface area contributed by atoms with Crippen molar-refractivity contribution >= 4 is 6.09 Å². The zero-order chi connectivity index (χ0) is 30.5. The van der Waals surface area contributed by atoms with E-state index in [-0.39, 0.29) is 36.2 Å². The monoisotopic (exact) mass is 586 g/mol. The summed E-state index contributed by atoms with van der Waals surface area (Å²) in [6.07, 6.45) is -9.80. The Morgan fingerprint density at radius 3 is 2.12 bits per heavy atom. The number of benzene rings is 2. The molecular formula is C27H28F6N4O4. The van der Waals surface area contributed by atoms with Crippen LogP contribution in [-0.4, -0.2) is 66.8 Å². The Morgan fingerprint density at radius 2 is 1.56 bits per heavy atom. The fourth-order valence-electron chi connectivity index (χ4n) is 3.50. The molecule has 8 nitrogen and oxygen atoms in total. The average Bonchev–Trinajstić information content (AvgIpc) is 2.90. The van der Waals surface area contributed by atoms with Gasteiger partial charge in [-0.15, -0.1) is 0 Å². The Bertz CT molecular complexity index is 1330. The molecule has 14 heteroatoms. The van der Waals surface area contributed by atoms with Gasteiger partial charge < -0.3 is 24.0 Å². The minimum atomic E-state index is -5.03. The van der Waals surface area contributed by atoms with E-state index in [4.69, 9.17) is 14.2 Å². The summed E-state index contributed by atoms with van der Waals surface area (Å²) in [5.41, 5.74) is -2.70. The number of carbonyl (C=O) groups excluding carboxylic acids is 1. The number of alkyl halides is 6. The van der Waals surface area contributed by atoms with Crippen LogP contribution in [0, 0.1) is 0 Å². The molecule has 3 rings (SSSR count). The number of para-hydroxylation sites is 1. The molecular weight excluding hydrogens is 558 g/mol. The Hall–Kier alpha value is -4.07. The molecule has 0 N–H and O–H groups in total. The second-order valence-electron chi connectivity index (χ2n) is 9.33. The van der Waals surface area contributed by atoms with Crippen molar-refractivity contribution in [1.82, 2.24) is 19.8 Å². The molecule has 1 heterocycles. The van der Waals surface area contributed by atoms with Crippen LogP contribution in [-0.2, 0) is 18.9 Å². The highest BCUT2D eigenvalue weighted by atomic mass is 19.4. The van der Waals surface area contributed by atoms with Crippen LogP contribution in [0.2, 0.25) is 0 Å². The fourth-order valence-corrected chi connectivity index (χ4v) is 3.50. The summed E-state index contributed by atoms with van der Waals surface area (Å²) in [5, 5.41) is 0. The Kier molecular flexibility index (Phi) is 9.69. The number of rotatable bonds is 9. The standard InChI is InChI=1S/C27H28F6N4O4/c1-16(36(2)3)15-40-24-34-13-21(20-8-6-7-9-22(20)39-5)23(35-24)41-25(38)37(4)14-17-10-18(26(28,29)30)12-19(11-17)27(31,32)33/h6-13,16H,14-15H2,1-5H3. The van der Waals surface area contributed by atoms with Gasteiger partial charge in [-0.25, -0.2) is 9.78 Å². The molecule has 41 heavy (non-hydrogen) atoms. The molecule has 0 aliphatic heterocycles. The van der Waals surface area contributed by atoms with E-state index in [0.29, 0.717) is 23.4 Å². The maximum Gasteiger partial charge on any atom is 0.416 e. The van der Waals surface area contributed by atoms with Crippen molar-refractivity contribution in [1.29, 1.82) is 0 Å². The second-order valence-corrected chi connectivity index (χ2v) is 9.33. The van der Waals surface area contributed by atoms with E-state index in [2.05, 4.69) is 9.97 Å². The van der Waals surface area contributed by atoms with Crippen LogP contribution in [0.5, 0.6) is 17.6 Å². The number of hydrogen-bond acceptors (Lipinski definition) is 7. The maximum absolute atomic E-state index is 13.3. The van der Waals surface area contributed by atoms with Gasteiger partial charge in [0.2, 0.25) is 5.88 Å². The van der Waals surface area contributed by atoms with Crippen LogP contribution in [0.1, 0.15) is 23.6 Å². The number of methoxy groups -OCH3 is 1. The lowest BCUT2D eigenvalue weighted by Crippen LogP contribution is -2.31. The second kappa shape index (κ2) is 12.6. The van der Waals surface area contributed by atoms with Gasteiger partial charge in [-0.3, -0.25) is 0 Å². The van der Waals surface area contributed by atoms with E-state index in [0.717, 1.165) is 11.9 Å². The van der Waals surface area contributed by atoms with E-state index >= 15 is 0 Å². The minimum Gasteiger partial charge on any atom is -0.496 e. The number of likely N-dealkylation sites (N-methyl/N-ethyl adjacent to an activating group) is 1. The first-order valence-corrected chi connectivity index (χ1v) is 12.1. The van der Waals surface area contributed by atoms with Gasteiger partial charge in [0.1, 0.15) is 12.4 Å². The molecule has 0 spiro atoms. The molecule has 0 saturated carbocycles. The van der Waals surface area contributed by atoms with Crippen molar-refractivity contribution in [3.63, 3.8) is 0 Å². The van der Waals surface area contributed by atoms with Crippen LogP contribution in [0.25, 0.3) is 11.1 Å². The predicted molar refractivity (Wildman–Crippen MR) is 137 cm³/mol. The maximum atomic E-state index is 13.3. The molecule has 0 bridgehead atoms. The summed E-state index contributed by atoms with van der Waals surface area (Å²) < 4.78 is 96.1. The summed E-state index contributed by atoms with van der Waals surface area (Å²) in [6.45, 7) is 1.48. The number of ether oxygens (including phenoxy) is 3. The number of nitrogens with zero attached hydrogens (tertiary/aromatic N) is 4. The Balaban J connectivity index is 1.93. The zero-order valence-electron chi connectivity index (χ0n) is 22.8. The van der Waals surface area contributed by atoms with Crippen LogP contribution < -0.4 is 14.2 Å². The first kappa shape index (κ1) is 31.5. The van der Waals surface area contributed by atoms with Crippen LogP contribution in [0.3, 0.4) is 0 Å². The molecule has 1 aromatic heterocycles. The molecule has 0 aliphatic carbocycles. The van der Waals surface area contributed by atoms with Gasteiger partial charge in [-0.1, -0.05) is 18.2 Å². The van der Waals surface area contributed by atoms with Crippen LogP contribution >= 0.6 is 0 Å². The van der Waals surface area contributed by atoms with Gasteiger partial charge in [0, 0.05) is 31.4 Å². The number of amides is 1. The lowest BCUT2D eigenvalue weighted by Gasteiger charge is -2.21. The number of halogens is 6. The fraction of sp³-hybridized carbons (Fsp3) is 0.370. The zero-order valence-corrected chi connectivity index (χ0v) is 22.8. The quantitative estimate of drug-likeness (QED) is 0.279. The lowest BCUT2D eigenvalue weighted by atomic mass is 10.0. The summed E-state index contributed by atoms with van der Waals surface area (Å²) >= 11 is 0. The molecule has 3 aromatic rings. The van der Waals surface area contributed by atoms with E-state index < -0.39 is 41.7 Å². The van der Waals surface area contributed by atoms with Crippen molar-refractivity contribution in [3.05, 3.63) is 65.4 Å². The number of aromatic nitrogens is 2. The molecule has 0 aliphatic rings. The van der Waals surface area contributed by atoms with Gasteiger partial charge in [0.25, 0.3) is 0 Å². The van der Waals surface area contributed by atoms with Gasteiger partial charge in [-0.2, -0.15) is 31.3 Å². The van der Waals surface area contributed by atoms with Crippen molar-refractivity contribution in [2.24, 2.45) is 0 Å². The number of carbonyl (C=O) groups is 1. The molecule has 2 aromatic carbocycles. The van der Waals surface area contributed by atoms with Crippen molar-refractivity contribution in [2.75, 3.05) is 34.9 Å². The molecule has 1 atom stereocenters. The van der Waals surface area contributed by atoms with Gasteiger partial charge in [0.15, 0.2) is 0 Å². The van der Waals surface area contributed by atoms with E-state index in [1.54, 1.807) is 24.3 Å². The molecule has 1 amide bonds. The highest BCUT2D eigenvalue weighted by molar-refractivity contribution is 5.78. The highest BCUT2D eigenvalue weighted by Gasteiger charge is 2.37. The van der Waals surface area contributed by atoms with Crippen molar-refractivity contribution < 1.29 is 45.3 Å². The third-order valence-electron chi connectivity index (χ3n) is 6.03. The van der Waals surface area contributed by atoms with Crippen molar-refractivity contribution in [2.45, 2.75) is 31.9 Å². The highest BCUT2D eigenvalue weighted by Crippen LogP contribution is 2.38. The van der Waals surface area contributed by atoms with E-state index in [9.17, 15) is 31.1 Å². The predicted octanol–water partition coefficient (Wildman–Crippen LogP) is 6.15. The first-order chi connectivity index (χ1) is 19.1. The van der Waals surface area contributed by atoms with Crippen LogP contribution in [0.15, 0.2) is 48.7 Å². The van der Waals surface area contributed by atoms with E-state index in [1.165, 1.54) is 13.3 Å². The molecule has 0 fully saturated rings. The largest absolute Gasteiger partial charge is 0.496 e. The summed E-state index contributed by atoms with van der Waals surface area (Å²) in [7, 11) is 6.30. The normalized spacial score (nSPS) is 12.7. The SMILES string of the molecule is COc1ccccc1-c1cnc(OCC(C)N(C)C)nc1OC(=O)N(C)Cc1cc(C(F)(F)F)cc(C(F)(F)F)c1. The average molecular weight is 587 g/mol. The summed E-state index contributed by atoms with van der Waals surface area (Å²) in [4.78, 5) is 24.1. The Labute approximate surface area is 232 Å². The van der Waals surface area contributed by atoms with Gasteiger partial charge in [-0.05, 0) is 50.8 Å².